The number of aliphatic hydroxyl groups is 1. The summed E-state index contributed by atoms with van der Waals surface area (Å²) >= 11 is 5.74. The maximum atomic E-state index is 13.1. The van der Waals surface area contributed by atoms with Crippen molar-refractivity contribution in [1.82, 2.24) is 0 Å². The van der Waals surface area contributed by atoms with E-state index < -0.39 is 29.5 Å². The Balaban J connectivity index is 3.37. The molecule has 20 heavy (non-hydrogen) atoms. The molecule has 1 atom stereocenters. The quantitative estimate of drug-likeness (QED) is 0.862. The second-order valence-corrected chi connectivity index (χ2v) is 4.11. The average Bonchev–Trinajstić information content (AvgIpc) is 2.36. The van der Waals surface area contributed by atoms with Gasteiger partial charge >= 0.3 is 12.1 Å². The van der Waals surface area contributed by atoms with Crippen molar-refractivity contribution in [1.29, 1.82) is 0 Å². The van der Waals surface area contributed by atoms with E-state index in [9.17, 15) is 27.1 Å². The molecule has 0 aliphatic heterocycles. The third-order valence-corrected chi connectivity index (χ3v) is 2.89. The molecule has 0 amide bonds. The van der Waals surface area contributed by atoms with Crippen molar-refractivity contribution in [3.63, 3.8) is 0 Å². The smallest absolute Gasteiger partial charge is 0.456 e. The van der Waals surface area contributed by atoms with Crippen LogP contribution in [0.2, 0.25) is 5.02 Å². The Morgan fingerprint density at radius 3 is 2.05 bits per heavy atom. The van der Waals surface area contributed by atoms with Gasteiger partial charge in [-0.05, 0) is 12.1 Å². The summed E-state index contributed by atoms with van der Waals surface area (Å²) in [5.41, 5.74) is -0.791. The number of alkyl halides is 5. The van der Waals surface area contributed by atoms with Gasteiger partial charge < -0.3 is 14.6 Å². The van der Waals surface area contributed by atoms with Gasteiger partial charge in [0.05, 0.1) is 14.2 Å². The van der Waals surface area contributed by atoms with Crippen molar-refractivity contribution in [2.24, 2.45) is 0 Å². The Labute approximate surface area is 115 Å². The van der Waals surface area contributed by atoms with Crippen LogP contribution >= 0.6 is 11.6 Å². The molecule has 1 aromatic carbocycles. The van der Waals surface area contributed by atoms with Gasteiger partial charge in [-0.1, -0.05) is 11.6 Å². The van der Waals surface area contributed by atoms with Crippen molar-refractivity contribution in [2.75, 3.05) is 14.2 Å². The van der Waals surface area contributed by atoms with E-state index >= 15 is 0 Å². The first-order chi connectivity index (χ1) is 9.07. The second-order valence-electron chi connectivity index (χ2n) is 3.73. The lowest BCUT2D eigenvalue weighted by Gasteiger charge is -2.26. The maximum absolute atomic E-state index is 13.1. The van der Waals surface area contributed by atoms with E-state index in [0.29, 0.717) is 0 Å². The molecule has 0 fully saturated rings. The van der Waals surface area contributed by atoms with Gasteiger partial charge in [0.25, 0.3) is 0 Å². The van der Waals surface area contributed by atoms with Gasteiger partial charge in [-0.25, -0.2) is 0 Å². The molecule has 0 aromatic heterocycles. The van der Waals surface area contributed by atoms with Crippen LogP contribution in [0.1, 0.15) is 11.7 Å². The fourth-order valence-electron chi connectivity index (χ4n) is 1.48. The molecule has 0 aliphatic rings. The topological polar surface area (TPSA) is 38.7 Å². The standard InChI is InChI=1S/C11H10ClF5O3/c1-19-6-4-3-5(8(20-2)7(6)12)9(18)10(13,14)11(15,16)17/h3-4,9,18H,1-2H3. The number of halogens is 6. The van der Waals surface area contributed by atoms with Crippen molar-refractivity contribution in [3.05, 3.63) is 22.7 Å². The summed E-state index contributed by atoms with van der Waals surface area (Å²) in [7, 11) is 2.24. The van der Waals surface area contributed by atoms with Crippen molar-refractivity contribution in [3.8, 4) is 11.5 Å². The van der Waals surface area contributed by atoms with Crippen molar-refractivity contribution >= 4 is 11.6 Å². The minimum atomic E-state index is -5.91. The number of rotatable bonds is 4. The second kappa shape index (κ2) is 5.61. The molecular formula is C11H10ClF5O3. The van der Waals surface area contributed by atoms with Gasteiger partial charge in [0.1, 0.15) is 16.5 Å². The summed E-state index contributed by atoms with van der Waals surface area (Å²) < 4.78 is 72.4. The molecule has 114 valence electrons. The highest BCUT2D eigenvalue weighted by Crippen LogP contribution is 2.48. The van der Waals surface area contributed by atoms with Crippen LogP contribution in [0.15, 0.2) is 12.1 Å². The summed E-state index contributed by atoms with van der Waals surface area (Å²) in [6.45, 7) is 0. The molecule has 0 radical (unpaired) electrons. The van der Waals surface area contributed by atoms with E-state index in [1.807, 2.05) is 0 Å². The summed E-state index contributed by atoms with van der Waals surface area (Å²) in [6, 6.07) is 1.88. The fraction of sp³-hybridized carbons (Fsp3) is 0.455. The minimum absolute atomic E-state index is 0.00907. The Morgan fingerprint density at radius 2 is 1.65 bits per heavy atom. The molecule has 0 saturated heterocycles. The van der Waals surface area contributed by atoms with E-state index in [1.165, 1.54) is 7.11 Å². The zero-order valence-electron chi connectivity index (χ0n) is 10.3. The van der Waals surface area contributed by atoms with E-state index in [-0.39, 0.29) is 10.8 Å². The minimum Gasteiger partial charge on any atom is -0.495 e. The zero-order chi connectivity index (χ0) is 15.7. The van der Waals surface area contributed by atoms with E-state index in [1.54, 1.807) is 0 Å². The maximum Gasteiger partial charge on any atom is 0.456 e. The van der Waals surface area contributed by atoms with Gasteiger partial charge in [-0.15, -0.1) is 0 Å². The predicted molar refractivity (Wildman–Crippen MR) is 60.5 cm³/mol. The molecule has 1 aromatic rings. The Bertz CT molecular complexity index is 490. The number of hydrogen-bond acceptors (Lipinski definition) is 3. The lowest BCUT2D eigenvalue weighted by atomic mass is 10.0. The number of methoxy groups -OCH3 is 2. The molecule has 1 N–H and O–H groups in total. The molecule has 0 aliphatic carbocycles. The molecule has 0 bridgehead atoms. The van der Waals surface area contributed by atoms with Crippen LogP contribution in [0, 0.1) is 0 Å². The van der Waals surface area contributed by atoms with Gasteiger partial charge in [0.2, 0.25) is 0 Å². The Kier molecular flexibility index (Phi) is 4.70. The third-order valence-electron chi connectivity index (χ3n) is 2.53. The van der Waals surface area contributed by atoms with Gasteiger partial charge in [-0.3, -0.25) is 0 Å². The Hall–Kier alpha value is -1.28. The van der Waals surface area contributed by atoms with Gasteiger partial charge in [0, 0.05) is 5.56 Å². The van der Waals surface area contributed by atoms with Crippen LogP contribution < -0.4 is 9.47 Å². The molecule has 0 saturated carbocycles. The summed E-state index contributed by atoms with van der Waals surface area (Å²) in [6.07, 6.45) is -9.06. The molecule has 1 unspecified atom stereocenters. The van der Waals surface area contributed by atoms with Gasteiger partial charge in [-0.2, -0.15) is 22.0 Å². The van der Waals surface area contributed by atoms with E-state index in [2.05, 4.69) is 4.74 Å². The van der Waals surface area contributed by atoms with Crippen LogP contribution in [0.5, 0.6) is 11.5 Å². The molecule has 0 spiro atoms. The van der Waals surface area contributed by atoms with E-state index in [0.717, 1.165) is 19.2 Å². The third kappa shape index (κ3) is 2.76. The molecule has 3 nitrogen and oxygen atoms in total. The SMILES string of the molecule is COc1ccc(C(O)C(F)(F)C(F)(F)F)c(OC)c1Cl. The Morgan fingerprint density at radius 1 is 1.10 bits per heavy atom. The molecule has 0 heterocycles. The van der Waals surface area contributed by atoms with Crippen molar-refractivity contribution in [2.45, 2.75) is 18.2 Å². The number of benzene rings is 1. The first-order valence-corrected chi connectivity index (χ1v) is 5.48. The van der Waals surface area contributed by atoms with Crippen LogP contribution in [-0.2, 0) is 0 Å². The summed E-state index contributed by atoms with van der Waals surface area (Å²) in [4.78, 5) is 0. The normalized spacial score (nSPS) is 14.1. The van der Waals surface area contributed by atoms with Crippen LogP contribution in [-0.4, -0.2) is 31.4 Å². The average molecular weight is 321 g/mol. The first-order valence-electron chi connectivity index (χ1n) is 5.10. The van der Waals surface area contributed by atoms with E-state index in [4.69, 9.17) is 16.3 Å². The van der Waals surface area contributed by atoms with Crippen molar-refractivity contribution < 1.29 is 36.5 Å². The largest absolute Gasteiger partial charge is 0.495 e. The summed E-state index contributed by atoms with van der Waals surface area (Å²) in [5.74, 6) is -5.85. The number of ether oxygens (including phenoxy) is 2. The molecule has 9 heteroatoms. The lowest BCUT2D eigenvalue weighted by Crippen LogP contribution is -2.42. The first kappa shape index (κ1) is 16.8. The molecular weight excluding hydrogens is 311 g/mol. The van der Waals surface area contributed by atoms with Crippen LogP contribution in [0.4, 0.5) is 22.0 Å². The number of hydrogen-bond donors (Lipinski definition) is 1. The zero-order valence-corrected chi connectivity index (χ0v) is 11.0. The van der Waals surface area contributed by atoms with Crippen LogP contribution in [0.3, 0.4) is 0 Å². The number of aliphatic hydroxyl groups excluding tert-OH is 1. The van der Waals surface area contributed by atoms with Crippen LogP contribution in [0.25, 0.3) is 0 Å². The molecule has 1 rings (SSSR count). The fourth-order valence-corrected chi connectivity index (χ4v) is 1.81. The highest BCUT2D eigenvalue weighted by Gasteiger charge is 2.63. The monoisotopic (exact) mass is 320 g/mol. The lowest BCUT2D eigenvalue weighted by molar-refractivity contribution is -0.315. The highest BCUT2D eigenvalue weighted by atomic mass is 35.5. The predicted octanol–water partition coefficient (Wildman–Crippen LogP) is 3.59. The van der Waals surface area contributed by atoms with Gasteiger partial charge in [0.15, 0.2) is 6.10 Å². The summed E-state index contributed by atoms with van der Waals surface area (Å²) in [5, 5.41) is 9.02. The highest BCUT2D eigenvalue weighted by molar-refractivity contribution is 6.33.